The summed E-state index contributed by atoms with van der Waals surface area (Å²) in [4.78, 5) is 40.8. The molecular formula is C43H53N3O8S. The van der Waals surface area contributed by atoms with Crippen molar-refractivity contribution < 1.29 is 38.1 Å². The van der Waals surface area contributed by atoms with E-state index in [0.29, 0.717) is 17.9 Å². The molecule has 0 aliphatic carbocycles. The maximum atomic E-state index is 14.3. The lowest BCUT2D eigenvalue weighted by Crippen LogP contribution is -2.56. The Morgan fingerprint density at radius 2 is 1.15 bits per heavy atom. The SMILES string of the molecule is COC(Cc1ccccc1NC(=O)C(NC(=O)C(CCSC(c1ccccc1)(c1ccccc1)c1ccccc1)OC(N)=O)C(C)(C)CC(OC)OC)OC. The number of methoxy groups -OCH3 is 4. The minimum absolute atomic E-state index is 0.0967. The van der Waals surface area contributed by atoms with E-state index in [9.17, 15) is 14.4 Å². The van der Waals surface area contributed by atoms with Gasteiger partial charge in [0, 0.05) is 53.4 Å². The van der Waals surface area contributed by atoms with E-state index in [2.05, 4.69) is 47.0 Å². The van der Waals surface area contributed by atoms with Crippen LogP contribution in [-0.4, -0.2) is 76.8 Å². The van der Waals surface area contributed by atoms with E-state index in [0.717, 1.165) is 22.3 Å². The van der Waals surface area contributed by atoms with Crippen LogP contribution in [0.25, 0.3) is 0 Å². The third kappa shape index (κ3) is 11.4. The highest BCUT2D eigenvalue weighted by atomic mass is 32.2. The van der Waals surface area contributed by atoms with Gasteiger partial charge in [0.05, 0.1) is 4.75 Å². The maximum Gasteiger partial charge on any atom is 0.405 e. The van der Waals surface area contributed by atoms with E-state index in [1.165, 1.54) is 14.2 Å². The molecule has 0 radical (unpaired) electrons. The molecule has 0 spiro atoms. The van der Waals surface area contributed by atoms with Gasteiger partial charge in [-0.1, -0.05) is 123 Å². The summed E-state index contributed by atoms with van der Waals surface area (Å²) in [7, 11) is 6.09. The van der Waals surface area contributed by atoms with Crippen molar-refractivity contribution in [3.63, 3.8) is 0 Å². The molecular weight excluding hydrogens is 719 g/mol. The minimum Gasteiger partial charge on any atom is -0.436 e. The van der Waals surface area contributed by atoms with Gasteiger partial charge in [0.15, 0.2) is 18.7 Å². The largest absolute Gasteiger partial charge is 0.436 e. The average Bonchev–Trinajstić information content (AvgIpc) is 3.20. The first-order chi connectivity index (χ1) is 26.5. The smallest absolute Gasteiger partial charge is 0.405 e. The van der Waals surface area contributed by atoms with Crippen LogP contribution in [0.15, 0.2) is 115 Å². The molecule has 4 N–H and O–H groups in total. The first-order valence-corrected chi connectivity index (χ1v) is 19.0. The molecule has 3 amide bonds. The Morgan fingerprint density at radius 3 is 1.62 bits per heavy atom. The van der Waals surface area contributed by atoms with Gasteiger partial charge in [0.2, 0.25) is 5.91 Å². The fraction of sp³-hybridized carbons (Fsp3) is 0.372. The number of primary amides is 1. The van der Waals surface area contributed by atoms with Crippen molar-refractivity contribution in [1.29, 1.82) is 0 Å². The molecule has 0 heterocycles. The lowest BCUT2D eigenvalue weighted by molar-refractivity contribution is -0.141. The third-order valence-corrected chi connectivity index (χ3v) is 11.1. The van der Waals surface area contributed by atoms with Crippen molar-refractivity contribution >= 4 is 35.4 Å². The number of anilines is 1. The van der Waals surface area contributed by atoms with E-state index in [4.69, 9.17) is 29.4 Å². The van der Waals surface area contributed by atoms with Gasteiger partial charge in [-0.2, -0.15) is 0 Å². The number of rotatable bonds is 21. The summed E-state index contributed by atoms with van der Waals surface area (Å²) in [6.07, 6.45) is -2.93. The van der Waals surface area contributed by atoms with Crippen LogP contribution in [-0.2, 0) is 44.4 Å². The lowest BCUT2D eigenvalue weighted by atomic mass is 9.80. The van der Waals surface area contributed by atoms with Crippen LogP contribution in [0.2, 0.25) is 0 Å². The monoisotopic (exact) mass is 771 g/mol. The summed E-state index contributed by atoms with van der Waals surface area (Å²) in [6.45, 7) is 3.65. The molecule has 55 heavy (non-hydrogen) atoms. The molecule has 0 saturated carbocycles. The van der Waals surface area contributed by atoms with Crippen LogP contribution < -0.4 is 16.4 Å². The average molecular weight is 772 g/mol. The van der Waals surface area contributed by atoms with E-state index < -0.39 is 52.8 Å². The van der Waals surface area contributed by atoms with Gasteiger partial charge >= 0.3 is 6.09 Å². The molecule has 0 saturated heterocycles. The van der Waals surface area contributed by atoms with Gasteiger partial charge in [0.1, 0.15) is 6.04 Å². The molecule has 2 atom stereocenters. The van der Waals surface area contributed by atoms with Crippen LogP contribution in [0.5, 0.6) is 0 Å². The Hall–Kier alpha value is -4.72. The zero-order chi connectivity index (χ0) is 39.8. The highest BCUT2D eigenvalue weighted by Gasteiger charge is 2.41. The van der Waals surface area contributed by atoms with Crippen LogP contribution in [0.1, 0.15) is 48.9 Å². The first kappa shape index (κ1) is 43.0. The molecule has 2 unspecified atom stereocenters. The van der Waals surface area contributed by atoms with Gasteiger partial charge in [-0.3, -0.25) is 9.59 Å². The number of carbonyl (C=O) groups excluding carboxylic acids is 3. The molecule has 0 aliphatic rings. The number of ether oxygens (including phenoxy) is 5. The van der Waals surface area contributed by atoms with Crippen molar-refractivity contribution in [2.75, 3.05) is 39.5 Å². The summed E-state index contributed by atoms with van der Waals surface area (Å²) in [5, 5.41) is 5.91. The van der Waals surface area contributed by atoms with Gasteiger partial charge in [0.25, 0.3) is 5.91 Å². The number of amides is 3. The quantitative estimate of drug-likeness (QED) is 0.0609. The van der Waals surface area contributed by atoms with Crippen molar-refractivity contribution in [2.24, 2.45) is 11.1 Å². The normalized spacial score (nSPS) is 12.9. The third-order valence-electron chi connectivity index (χ3n) is 9.53. The predicted octanol–water partition coefficient (Wildman–Crippen LogP) is 6.89. The van der Waals surface area contributed by atoms with Crippen LogP contribution in [0.3, 0.4) is 0 Å². The number of nitrogens with two attached hydrogens (primary N) is 1. The highest BCUT2D eigenvalue weighted by molar-refractivity contribution is 8.00. The number of hydrogen-bond acceptors (Lipinski definition) is 9. The van der Waals surface area contributed by atoms with Crippen LogP contribution in [0.4, 0.5) is 10.5 Å². The molecule has 0 aromatic heterocycles. The highest BCUT2D eigenvalue weighted by Crippen LogP contribution is 2.48. The zero-order valence-corrected chi connectivity index (χ0v) is 33.2. The first-order valence-electron chi connectivity index (χ1n) is 18.1. The molecule has 4 aromatic rings. The predicted molar refractivity (Wildman–Crippen MR) is 215 cm³/mol. The molecule has 12 heteroatoms. The zero-order valence-electron chi connectivity index (χ0n) is 32.4. The van der Waals surface area contributed by atoms with Crippen LogP contribution in [0, 0.1) is 5.41 Å². The molecule has 0 fully saturated rings. The van der Waals surface area contributed by atoms with Gasteiger partial charge in [-0.15, -0.1) is 11.8 Å². The summed E-state index contributed by atoms with van der Waals surface area (Å²) in [5.74, 6) is -0.796. The second-order valence-electron chi connectivity index (χ2n) is 13.6. The number of thioether (sulfide) groups is 1. The Morgan fingerprint density at radius 1 is 0.673 bits per heavy atom. The van der Waals surface area contributed by atoms with Crippen molar-refractivity contribution in [3.05, 3.63) is 138 Å². The lowest BCUT2D eigenvalue weighted by Gasteiger charge is -2.37. The van der Waals surface area contributed by atoms with Crippen molar-refractivity contribution in [3.8, 4) is 0 Å². The fourth-order valence-corrected chi connectivity index (χ4v) is 8.15. The topological polar surface area (TPSA) is 147 Å². The summed E-state index contributed by atoms with van der Waals surface area (Å²) >= 11 is 1.61. The Labute approximate surface area is 328 Å². The molecule has 294 valence electrons. The number of para-hydroxylation sites is 1. The van der Waals surface area contributed by atoms with Gasteiger partial charge < -0.3 is 40.1 Å². The Balaban J connectivity index is 1.66. The van der Waals surface area contributed by atoms with Crippen molar-refractivity contribution in [1.82, 2.24) is 5.32 Å². The number of benzene rings is 4. The minimum atomic E-state index is -1.31. The summed E-state index contributed by atoms with van der Waals surface area (Å²) < 4.78 is 26.6. The molecule has 0 bridgehead atoms. The molecule has 0 aliphatic heterocycles. The maximum absolute atomic E-state index is 14.3. The number of nitrogens with one attached hydrogen (secondary N) is 2. The number of carbonyl (C=O) groups is 3. The van der Waals surface area contributed by atoms with E-state index in [1.54, 1.807) is 38.1 Å². The standard InChI is InChI=1S/C43H53N3O8S/c1-42(2,29-37(52-5)53-6)38(40(48)45-34-25-17-16-18-30(34)28-36(50-3)51-4)46-39(47)35(54-41(44)49)26-27-55-43(31-19-10-7-11-20-31,32-21-12-8-13-22-32)33-23-14-9-15-24-33/h7-25,35-38H,26-29H2,1-6H3,(H2,44,49)(H,45,48)(H,46,47). The Kier molecular flexibility index (Phi) is 16.3. The fourth-order valence-electron chi connectivity index (χ4n) is 6.60. The van der Waals surface area contributed by atoms with E-state index in [1.807, 2.05) is 80.6 Å². The summed E-state index contributed by atoms with van der Waals surface area (Å²) in [6, 6.07) is 36.5. The van der Waals surface area contributed by atoms with Crippen LogP contribution >= 0.6 is 11.8 Å². The molecule has 4 aromatic carbocycles. The van der Waals surface area contributed by atoms with Gasteiger partial charge in [-0.05, 0) is 39.5 Å². The second-order valence-corrected chi connectivity index (χ2v) is 14.9. The summed E-state index contributed by atoms with van der Waals surface area (Å²) in [5.41, 5.74) is 9.03. The Bertz CT molecular complexity index is 1690. The van der Waals surface area contributed by atoms with Crippen molar-refractivity contribution in [2.45, 2.75) is 62.6 Å². The second kappa shape index (κ2) is 20.8. The molecule has 4 rings (SSSR count). The van der Waals surface area contributed by atoms with E-state index in [-0.39, 0.29) is 12.8 Å². The van der Waals surface area contributed by atoms with E-state index >= 15 is 0 Å². The van der Waals surface area contributed by atoms with Gasteiger partial charge in [-0.25, -0.2) is 4.79 Å². The molecule has 11 nitrogen and oxygen atoms in total. The number of hydrogen-bond donors (Lipinski definition) is 3.